The standard InChI is InChI=1S/C38H77N2O2.ClH/c1-3-5-7-9-11-13-15-17-19-21-23-25-27-29-36-42-37-34-40-32-31-39(33-35-41)38(40)30-28-26-24-22-20-18-16-14-12-10-8-6-4-2;/h41H,3-37H2,1-2H3;1H/q+1;/p-1. The van der Waals surface area contributed by atoms with Gasteiger partial charge in [-0.3, -0.25) is 9.48 Å². The van der Waals surface area contributed by atoms with E-state index in [9.17, 15) is 5.11 Å². The summed E-state index contributed by atoms with van der Waals surface area (Å²) in [6.07, 6.45) is 39.1. The number of aliphatic hydroxyl groups is 1. The van der Waals surface area contributed by atoms with Gasteiger partial charge in [0.05, 0.1) is 13.2 Å². The van der Waals surface area contributed by atoms with Crippen molar-refractivity contribution in [1.29, 1.82) is 0 Å². The second-order valence-electron chi connectivity index (χ2n) is 13.3. The van der Waals surface area contributed by atoms with Crippen LogP contribution in [0.3, 0.4) is 0 Å². The number of nitrogens with zero attached hydrogens (tertiary/aromatic N) is 2. The molecule has 258 valence electrons. The maximum Gasteiger partial charge on any atom is 0.247 e. The lowest BCUT2D eigenvalue weighted by Crippen LogP contribution is -3.00. The fourth-order valence-electron chi connectivity index (χ4n) is 6.59. The van der Waals surface area contributed by atoms with E-state index in [-0.39, 0.29) is 19.0 Å². The maximum absolute atomic E-state index is 9.55. The van der Waals surface area contributed by atoms with E-state index in [4.69, 9.17) is 4.74 Å². The Morgan fingerprint density at radius 2 is 0.953 bits per heavy atom. The summed E-state index contributed by atoms with van der Waals surface area (Å²) in [6.45, 7) is 10.6. The smallest absolute Gasteiger partial charge is 0.247 e. The number of aliphatic hydroxyl groups excluding tert-OH is 1. The molecular weight excluding hydrogens is 552 g/mol. The topological polar surface area (TPSA) is 35.7 Å². The van der Waals surface area contributed by atoms with Gasteiger partial charge >= 0.3 is 0 Å². The first-order chi connectivity index (χ1) is 20.8. The van der Waals surface area contributed by atoms with Crippen molar-refractivity contribution in [2.75, 3.05) is 46.0 Å². The molecule has 1 aliphatic heterocycles. The Morgan fingerprint density at radius 3 is 1.37 bits per heavy atom. The molecule has 0 aromatic rings. The third-order valence-electron chi connectivity index (χ3n) is 9.39. The lowest BCUT2D eigenvalue weighted by molar-refractivity contribution is -0.521. The quantitative estimate of drug-likeness (QED) is 0.0586. The molecular formula is C38H77ClN2O2. The average molecular weight is 629 g/mol. The average Bonchev–Trinajstić information content (AvgIpc) is 3.38. The van der Waals surface area contributed by atoms with Crippen LogP contribution >= 0.6 is 0 Å². The summed E-state index contributed by atoms with van der Waals surface area (Å²) in [6, 6.07) is 0. The fourth-order valence-corrected chi connectivity index (χ4v) is 6.59. The first kappa shape index (κ1) is 42.7. The largest absolute Gasteiger partial charge is 1.00 e. The molecule has 0 aromatic heterocycles. The summed E-state index contributed by atoms with van der Waals surface area (Å²) in [5.74, 6) is 1.47. The summed E-state index contributed by atoms with van der Waals surface area (Å²) in [5.41, 5.74) is 0. The number of unbranched alkanes of at least 4 members (excludes halogenated alkanes) is 25. The van der Waals surface area contributed by atoms with Gasteiger partial charge in [0.1, 0.15) is 26.2 Å². The molecule has 0 aromatic carbocycles. The van der Waals surface area contributed by atoms with Crippen LogP contribution in [0.4, 0.5) is 0 Å². The van der Waals surface area contributed by atoms with Gasteiger partial charge in [-0.15, -0.1) is 0 Å². The van der Waals surface area contributed by atoms with E-state index < -0.39 is 0 Å². The minimum absolute atomic E-state index is 0. The zero-order valence-electron chi connectivity index (χ0n) is 29.4. The van der Waals surface area contributed by atoms with Crippen molar-refractivity contribution in [3.8, 4) is 0 Å². The van der Waals surface area contributed by atoms with Gasteiger partial charge in [-0.2, -0.15) is 0 Å². The van der Waals surface area contributed by atoms with Gasteiger partial charge in [0.25, 0.3) is 0 Å². The molecule has 0 aliphatic carbocycles. The molecule has 1 N–H and O–H groups in total. The molecule has 4 nitrogen and oxygen atoms in total. The SMILES string of the molecule is CCCCCCCCCCCCCCCCOCCN1CC[N+](CCO)=C1CCCCCCCCCCCCCCC.[Cl-]. The van der Waals surface area contributed by atoms with Crippen LogP contribution in [-0.2, 0) is 4.74 Å². The van der Waals surface area contributed by atoms with Crippen LogP contribution in [0.25, 0.3) is 0 Å². The summed E-state index contributed by atoms with van der Waals surface area (Å²) in [5, 5.41) is 9.55. The molecule has 1 heterocycles. The van der Waals surface area contributed by atoms with Crippen LogP contribution in [0.1, 0.15) is 194 Å². The minimum atomic E-state index is 0. The number of ether oxygens (including phenoxy) is 1. The molecule has 0 saturated heterocycles. The molecule has 5 heteroatoms. The first-order valence-electron chi connectivity index (χ1n) is 19.4. The highest BCUT2D eigenvalue weighted by Crippen LogP contribution is 2.16. The molecule has 0 bridgehead atoms. The highest BCUT2D eigenvalue weighted by molar-refractivity contribution is 5.78. The molecule has 43 heavy (non-hydrogen) atoms. The number of halogens is 1. The van der Waals surface area contributed by atoms with Crippen molar-refractivity contribution >= 4 is 5.84 Å². The van der Waals surface area contributed by atoms with Gasteiger partial charge < -0.3 is 22.3 Å². The first-order valence-corrected chi connectivity index (χ1v) is 19.4. The summed E-state index contributed by atoms with van der Waals surface area (Å²) < 4.78 is 8.47. The monoisotopic (exact) mass is 629 g/mol. The van der Waals surface area contributed by atoms with Crippen LogP contribution in [0.2, 0.25) is 0 Å². The van der Waals surface area contributed by atoms with Crippen molar-refractivity contribution in [3.05, 3.63) is 0 Å². The fraction of sp³-hybridized carbons (Fsp3) is 0.974. The van der Waals surface area contributed by atoms with E-state index in [1.165, 1.54) is 179 Å². The highest BCUT2D eigenvalue weighted by atomic mass is 35.5. The number of β-amino-alcohol motifs (C(OH)–C–C–N with tert-alkyl or cyclic N) is 1. The van der Waals surface area contributed by atoms with Crippen LogP contribution in [-0.4, -0.2) is 66.4 Å². The Morgan fingerprint density at radius 1 is 0.558 bits per heavy atom. The van der Waals surface area contributed by atoms with Crippen LogP contribution in [0.15, 0.2) is 0 Å². The highest BCUT2D eigenvalue weighted by Gasteiger charge is 2.29. The zero-order chi connectivity index (χ0) is 30.2. The Labute approximate surface area is 276 Å². The van der Waals surface area contributed by atoms with Crippen molar-refractivity contribution in [3.63, 3.8) is 0 Å². The molecule has 0 unspecified atom stereocenters. The lowest BCUT2D eigenvalue weighted by Gasteiger charge is -2.14. The molecule has 0 fully saturated rings. The third-order valence-corrected chi connectivity index (χ3v) is 9.39. The van der Waals surface area contributed by atoms with Crippen LogP contribution in [0, 0.1) is 0 Å². The van der Waals surface area contributed by atoms with E-state index in [2.05, 4.69) is 23.3 Å². The molecule has 0 spiro atoms. The van der Waals surface area contributed by atoms with E-state index in [0.29, 0.717) is 0 Å². The predicted molar refractivity (Wildman–Crippen MR) is 185 cm³/mol. The normalized spacial score (nSPS) is 13.3. The van der Waals surface area contributed by atoms with Crippen molar-refractivity contribution in [2.24, 2.45) is 0 Å². The van der Waals surface area contributed by atoms with E-state index >= 15 is 0 Å². The Hall–Kier alpha value is -0.320. The number of rotatable bonds is 34. The molecule has 0 atom stereocenters. The Kier molecular flexibility index (Phi) is 34.3. The molecule has 1 aliphatic rings. The number of amidine groups is 1. The summed E-state index contributed by atoms with van der Waals surface area (Å²) in [4.78, 5) is 2.54. The molecule has 1 rings (SSSR count). The van der Waals surface area contributed by atoms with Crippen molar-refractivity contribution in [1.82, 2.24) is 4.90 Å². The van der Waals surface area contributed by atoms with Crippen molar-refractivity contribution in [2.45, 2.75) is 194 Å². The Balaban J connectivity index is 0.0000176. The summed E-state index contributed by atoms with van der Waals surface area (Å²) >= 11 is 0. The van der Waals surface area contributed by atoms with Gasteiger partial charge in [0, 0.05) is 13.0 Å². The van der Waals surface area contributed by atoms with Crippen LogP contribution < -0.4 is 12.4 Å². The number of hydrogen-bond acceptors (Lipinski definition) is 3. The Bertz CT molecular complexity index is 586. The van der Waals surface area contributed by atoms with Gasteiger partial charge in [0.2, 0.25) is 5.84 Å². The van der Waals surface area contributed by atoms with Gasteiger partial charge in [-0.05, 0) is 12.8 Å². The van der Waals surface area contributed by atoms with Gasteiger partial charge in [-0.1, -0.05) is 174 Å². The molecule has 0 amide bonds. The van der Waals surface area contributed by atoms with E-state index in [1.54, 1.807) is 0 Å². The second kappa shape index (κ2) is 34.6. The van der Waals surface area contributed by atoms with Crippen LogP contribution in [0.5, 0.6) is 0 Å². The predicted octanol–water partition coefficient (Wildman–Crippen LogP) is 7.69. The molecule has 0 saturated carbocycles. The number of hydrogen-bond donors (Lipinski definition) is 1. The van der Waals surface area contributed by atoms with Gasteiger partial charge in [-0.25, -0.2) is 0 Å². The van der Waals surface area contributed by atoms with E-state index in [0.717, 1.165) is 45.8 Å². The zero-order valence-corrected chi connectivity index (χ0v) is 30.1. The lowest BCUT2D eigenvalue weighted by atomic mass is 10.0. The minimum Gasteiger partial charge on any atom is -1.00 e. The third kappa shape index (κ3) is 26.6. The van der Waals surface area contributed by atoms with E-state index in [1.807, 2.05) is 0 Å². The molecule has 0 radical (unpaired) electrons. The van der Waals surface area contributed by atoms with Gasteiger partial charge in [0.15, 0.2) is 0 Å². The second-order valence-corrected chi connectivity index (χ2v) is 13.3. The van der Waals surface area contributed by atoms with Crippen molar-refractivity contribution < 1.29 is 26.8 Å². The maximum atomic E-state index is 9.55. The summed E-state index contributed by atoms with van der Waals surface area (Å²) in [7, 11) is 0.